The molecule has 0 unspecified atom stereocenters. The summed E-state index contributed by atoms with van der Waals surface area (Å²) in [6.45, 7) is 3.93. The number of pyridine rings is 1. The maximum atomic E-state index is 4.74. The molecular formula is C19H19N7S. The van der Waals surface area contributed by atoms with Crippen molar-refractivity contribution in [3.05, 3.63) is 59.7 Å². The minimum absolute atomic E-state index is 0.504. The SMILES string of the molecule is Cc1cc(C)n(C2=NC(=Nc3ccc(N(C)C)s3)C(c3ccccn3)=N2)n1. The first-order chi connectivity index (χ1) is 13.0. The maximum absolute atomic E-state index is 4.74. The van der Waals surface area contributed by atoms with E-state index < -0.39 is 0 Å². The monoisotopic (exact) mass is 377 g/mol. The van der Waals surface area contributed by atoms with E-state index >= 15 is 0 Å². The van der Waals surface area contributed by atoms with E-state index in [2.05, 4.69) is 20.0 Å². The van der Waals surface area contributed by atoms with Crippen LogP contribution in [0.4, 0.5) is 10.0 Å². The Kier molecular flexibility index (Phi) is 4.41. The van der Waals surface area contributed by atoms with Crippen LogP contribution in [0, 0.1) is 13.8 Å². The van der Waals surface area contributed by atoms with Gasteiger partial charge in [-0.1, -0.05) is 17.4 Å². The Morgan fingerprint density at radius 2 is 1.93 bits per heavy atom. The number of aromatic nitrogens is 3. The molecule has 3 aromatic rings. The van der Waals surface area contributed by atoms with Gasteiger partial charge in [0.05, 0.1) is 16.4 Å². The molecule has 136 valence electrons. The number of rotatable bonds is 3. The number of hydrogen-bond donors (Lipinski definition) is 0. The van der Waals surface area contributed by atoms with Gasteiger partial charge in [-0.2, -0.15) is 10.1 Å². The Morgan fingerprint density at radius 3 is 2.56 bits per heavy atom. The highest BCUT2D eigenvalue weighted by Gasteiger charge is 2.23. The van der Waals surface area contributed by atoms with Crippen molar-refractivity contribution in [2.24, 2.45) is 15.0 Å². The lowest BCUT2D eigenvalue weighted by molar-refractivity contribution is 0.874. The lowest BCUT2D eigenvalue weighted by Gasteiger charge is -2.06. The summed E-state index contributed by atoms with van der Waals surface area (Å²) in [6, 6.07) is 11.7. The quantitative estimate of drug-likeness (QED) is 0.702. The molecule has 4 heterocycles. The van der Waals surface area contributed by atoms with Crippen LogP contribution in [-0.4, -0.2) is 46.4 Å². The summed E-state index contributed by atoms with van der Waals surface area (Å²) in [7, 11) is 4.02. The standard InChI is InChI=1S/C19H19N7S/c1-12-11-13(2)26(24-12)19-22-17(14-7-5-6-10-20-14)18(23-19)21-15-8-9-16(27-15)25(3)4/h5-11H,1-4H3. The van der Waals surface area contributed by atoms with Gasteiger partial charge < -0.3 is 4.90 Å². The molecule has 0 saturated carbocycles. The van der Waals surface area contributed by atoms with Gasteiger partial charge in [0.1, 0.15) is 10.7 Å². The number of hydrogen-bond acceptors (Lipinski definition) is 6. The molecule has 1 aliphatic heterocycles. The minimum atomic E-state index is 0.504. The van der Waals surface area contributed by atoms with Crippen LogP contribution in [-0.2, 0) is 0 Å². The molecular weight excluding hydrogens is 358 g/mol. The fraction of sp³-hybridized carbons (Fsp3) is 0.211. The minimum Gasteiger partial charge on any atom is -0.370 e. The van der Waals surface area contributed by atoms with Crippen molar-refractivity contribution in [2.45, 2.75) is 13.8 Å². The van der Waals surface area contributed by atoms with Crippen LogP contribution in [0.2, 0.25) is 0 Å². The Bertz CT molecular complexity index is 1070. The van der Waals surface area contributed by atoms with Gasteiger partial charge in [0.2, 0.25) is 0 Å². The van der Waals surface area contributed by atoms with Crippen LogP contribution in [0.3, 0.4) is 0 Å². The smallest absolute Gasteiger partial charge is 0.253 e. The summed E-state index contributed by atoms with van der Waals surface area (Å²) in [4.78, 5) is 20.6. The van der Waals surface area contributed by atoms with Crippen LogP contribution in [0.15, 0.2) is 57.6 Å². The van der Waals surface area contributed by atoms with Crippen LogP contribution in [0.25, 0.3) is 0 Å². The van der Waals surface area contributed by atoms with Gasteiger partial charge in [-0.15, -0.1) is 0 Å². The Balaban J connectivity index is 1.80. The second kappa shape index (κ2) is 6.88. The first-order valence-corrected chi connectivity index (χ1v) is 9.31. The van der Waals surface area contributed by atoms with Gasteiger partial charge in [-0.3, -0.25) is 4.98 Å². The van der Waals surface area contributed by atoms with Gasteiger partial charge in [-0.05, 0) is 44.2 Å². The summed E-state index contributed by atoms with van der Waals surface area (Å²) in [6.07, 6.45) is 1.74. The third kappa shape index (κ3) is 3.43. The Morgan fingerprint density at radius 1 is 1.07 bits per heavy atom. The van der Waals surface area contributed by atoms with Crippen molar-refractivity contribution in [1.29, 1.82) is 0 Å². The maximum Gasteiger partial charge on any atom is 0.253 e. The van der Waals surface area contributed by atoms with Crippen LogP contribution in [0.5, 0.6) is 0 Å². The van der Waals surface area contributed by atoms with E-state index in [1.807, 2.05) is 64.3 Å². The van der Waals surface area contributed by atoms with Crippen LogP contribution < -0.4 is 4.90 Å². The number of nitrogens with zero attached hydrogens (tertiary/aromatic N) is 7. The van der Waals surface area contributed by atoms with Gasteiger partial charge in [0, 0.05) is 26.0 Å². The average Bonchev–Trinajstić information content (AvgIpc) is 3.35. The summed E-state index contributed by atoms with van der Waals surface area (Å²) >= 11 is 1.60. The second-order valence-electron chi connectivity index (χ2n) is 6.37. The zero-order chi connectivity index (χ0) is 19.0. The molecule has 4 rings (SSSR count). The summed E-state index contributed by atoms with van der Waals surface area (Å²) in [5, 5.41) is 6.49. The molecule has 8 heteroatoms. The molecule has 7 nitrogen and oxygen atoms in total. The Labute approximate surface area is 161 Å². The molecule has 0 spiro atoms. The molecule has 0 fully saturated rings. The zero-order valence-corrected chi connectivity index (χ0v) is 16.4. The number of anilines is 1. The van der Waals surface area contributed by atoms with Gasteiger partial charge in [-0.25, -0.2) is 14.7 Å². The number of thiophene rings is 1. The summed E-state index contributed by atoms with van der Waals surface area (Å²) < 4.78 is 1.74. The van der Waals surface area contributed by atoms with Crippen molar-refractivity contribution in [3.63, 3.8) is 0 Å². The molecule has 0 aromatic carbocycles. The van der Waals surface area contributed by atoms with Gasteiger partial charge in [0.15, 0.2) is 5.84 Å². The predicted octanol–water partition coefficient (Wildman–Crippen LogP) is 3.46. The van der Waals surface area contributed by atoms with Gasteiger partial charge in [0.25, 0.3) is 5.96 Å². The second-order valence-corrected chi connectivity index (χ2v) is 7.41. The molecule has 1 aliphatic rings. The molecule has 0 bridgehead atoms. The molecule has 0 aliphatic carbocycles. The van der Waals surface area contributed by atoms with Crippen molar-refractivity contribution in [2.75, 3.05) is 19.0 Å². The third-order valence-electron chi connectivity index (χ3n) is 3.97. The summed E-state index contributed by atoms with van der Waals surface area (Å²) in [5.41, 5.74) is 3.28. The average molecular weight is 377 g/mol. The van der Waals surface area contributed by atoms with Crippen LogP contribution in [0.1, 0.15) is 17.1 Å². The highest BCUT2D eigenvalue weighted by atomic mass is 32.1. The van der Waals surface area contributed by atoms with Crippen molar-refractivity contribution >= 4 is 38.8 Å². The van der Waals surface area contributed by atoms with E-state index in [9.17, 15) is 0 Å². The normalized spacial score (nSPS) is 15.2. The number of aliphatic imine (C=N–C) groups is 3. The predicted molar refractivity (Wildman–Crippen MR) is 111 cm³/mol. The topological polar surface area (TPSA) is 71.0 Å². The van der Waals surface area contributed by atoms with Gasteiger partial charge >= 0.3 is 0 Å². The fourth-order valence-electron chi connectivity index (χ4n) is 2.72. The highest BCUT2D eigenvalue weighted by molar-refractivity contribution is 7.19. The van der Waals surface area contributed by atoms with E-state index in [-0.39, 0.29) is 0 Å². The van der Waals surface area contributed by atoms with Crippen molar-refractivity contribution < 1.29 is 0 Å². The fourth-order valence-corrected chi connectivity index (χ4v) is 3.53. The lowest BCUT2D eigenvalue weighted by atomic mass is 10.2. The van der Waals surface area contributed by atoms with Crippen molar-refractivity contribution in [1.82, 2.24) is 14.8 Å². The van der Waals surface area contributed by atoms with Crippen molar-refractivity contribution in [3.8, 4) is 0 Å². The first-order valence-electron chi connectivity index (χ1n) is 8.50. The lowest BCUT2D eigenvalue weighted by Crippen LogP contribution is -2.12. The Hall–Kier alpha value is -3.13. The van der Waals surface area contributed by atoms with E-state index in [0.717, 1.165) is 27.1 Å². The number of amidine groups is 1. The molecule has 0 radical (unpaired) electrons. The molecule has 0 saturated heterocycles. The molecule has 27 heavy (non-hydrogen) atoms. The highest BCUT2D eigenvalue weighted by Crippen LogP contribution is 2.31. The summed E-state index contributed by atoms with van der Waals surface area (Å²) in [5.74, 6) is 1.05. The van der Waals surface area contributed by atoms with E-state index in [1.54, 1.807) is 22.2 Å². The molecule has 0 N–H and O–H groups in total. The van der Waals surface area contributed by atoms with E-state index in [4.69, 9.17) is 9.98 Å². The largest absolute Gasteiger partial charge is 0.370 e. The van der Waals surface area contributed by atoms with E-state index in [0.29, 0.717) is 17.5 Å². The zero-order valence-electron chi connectivity index (χ0n) is 15.6. The molecule has 0 atom stereocenters. The molecule has 0 amide bonds. The third-order valence-corrected chi connectivity index (χ3v) is 5.12. The van der Waals surface area contributed by atoms with Crippen LogP contribution >= 0.6 is 11.3 Å². The first kappa shape index (κ1) is 17.3. The molecule has 3 aromatic heterocycles. The van der Waals surface area contributed by atoms with E-state index in [1.165, 1.54) is 0 Å². The number of aryl methyl sites for hydroxylation is 2.